The molecule has 0 fully saturated rings. The van der Waals surface area contributed by atoms with Gasteiger partial charge >= 0.3 is 0 Å². The Morgan fingerprint density at radius 3 is 2.63 bits per heavy atom. The maximum absolute atomic E-state index is 5.93. The number of aromatic nitrogens is 2. The molecule has 7 heteroatoms. The highest BCUT2D eigenvalue weighted by molar-refractivity contribution is 6.29. The fourth-order valence-electron chi connectivity index (χ4n) is 2.79. The summed E-state index contributed by atoms with van der Waals surface area (Å²) in [5, 5.41) is 7.12. The molecule has 0 saturated carbocycles. The fourth-order valence-corrected chi connectivity index (χ4v) is 2.90. The number of halogens is 1. The highest BCUT2D eigenvalue weighted by Gasteiger charge is 2.06. The summed E-state index contributed by atoms with van der Waals surface area (Å²) in [4.78, 5) is 13.2. The smallest absolute Gasteiger partial charge is 0.218 e. The molecule has 0 aliphatic rings. The predicted octanol–water partition coefficient (Wildman–Crippen LogP) is 4.01. The molecular formula is C23H26ClN5O. The van der Waals surface area contributed by atoms with E-state index in [2.05, 4.69) is 25.6 Å². The Bertz CT molecular complexity index is 932. The van der Waals surface area contributed by atoms with Crippen LogP contribution in [0.2, 0.25) is 5.15 Å². The van der Waals surface area contributed by atoms with Gasteiger partial charge in [0.25, 0.3) is 0 Å². The average Bonchev–Trinajstić information content (AvgIpc) is 2.78. The van der Waals surface area contributed by atoms with Crippen LogP contribution in [0.4, 0.5) is 0 Å². The van der Waals surface area contributed by atoms with E-state index in [1.54, 1.807) is 18.5 Å². The van der Waals surface area contributed by atoms with E-state index in [-0.39, 0.29) is 0 Å². The van der Waals surface area contributed by atoms with E-state index >= 15 is 0 Å². The molecule has 0 spiro atoms. The van der Waals surface area contributed by atoms with Gasteiger partial charge in [0.05, 0.1) is 6.54 Å². The van der Waals surface area contributed by atoms with Crippen molar-refractivity contribution in [1.82, 2.24) is 20.6 Å². The highest BCUT2D eigenvalue weighted by Crippen LogP contribution is 2.17. The lowest BCUT2D eigenvalue weighted by Crippen LogP contribution is -2.38. The van der Waals surface area contributed by atoms with Gasteiger partial charge in [0.2, 0.25) is 5.88 Å². The summed E-state index contributed by atoms with van der Waals surface area (Å²) < 4.78 is 5.93. The van der Waals surface area contributed by atoms with Crippen LogP contribution in [0, 0.1) is 0 Å². The largest absolute Gasteiger partial charge is 0.473 e. The Labute approximate surface area is 182 Å². The SMILES string of the molecule is CCNC(=NCc1cccnc1OCc1ccccc1)NCCc1ccc(Cl)nc1. The second kappa shape index (κ2) is 11.8. The maximum Gasteiger partial charge on any atom is 0.218 e. The van der Waals surface area contributed by atoms with Crippen molar-refractivity contribution in [3.05, 3.63) is 88.8 Å². The number of nitrogens with one attached hydrogen (secondary N) is 2. The number of aliphatic imine (C=N–C) groups is 1. The van der Waals surface area contributed by atoms with Crippen LogP contribution in [-0.4, -0.2) is 29.0 Å². The summed E-state index contributed by atoms with van der Waals surface area (Å²) in [6.07, 6.45) is 4.35. The van der Waals surface area contributed by atoms with Gasteiger partial charge in [-0.15, -0.1) is 0 Å². The Kier molecular flexibility index (Phi) is 8.47. The van der Waals surface area contributed by atoms with Gasteiger partial charge in [-0.05, 0) is 36.6 Å². The van der Waals surface area contributed by atoms with Gasteiger partial charge in [-0.3, -0.25) is 0 Å². The van der Waals surface area contributed by atoms with Crippen molar-refractivity contribution in [2.75, 3.05) is 13.1 Å². The van der Waals surface area contributed by atoms with Crippen LogP contribution in [0.15, 0.2) is 72.0 Å². The Morgan fingerprint density at radius 1 is 1.00 bits per heavy atom. The number of rotatable bonds is 9. The maximum atomic E-state index is 5.93. The Morgan fingerprint density at radius 2 is 1.87 bits per heavy atom. The first-order chi connectivity index (χ1) is 14.7. The zero-order valence-electron chi connectivity index (χ0n) is 17.0. The molecule has 0 radical (unpaired) electrons. The number of hydrogen-bond donors (Lipinski definition) is 2. The lowest BCUT2D eigenvalue weighted by Gasteiger charge is -2.12. The van der Waals surface area contributed by atoms with Gasteiger partial charge in [-0.25, -0.2) is 15.0 Å². The van der Waals surface area contributed by atoms with Crippen LogP contribution < -0.4 is 15.4 Å². The number of nitrogens with zero attached hydrogens (tertiary/aromatic N) is 3. The van der Waals surface area contributed by atoms with E-state index in [1.807, 2.05) is 55.5 Å². The van der Waals surface area contributed by atoms with Crippen LogP contribution in [0.1, 0.15) is 23.6 Å². The number of guanidine groups is 1. The quantitative estimate of drug-likeness (QED) is 0.309. The van der Waals surface area contributed by atoms with Crippen molar-refractivity contribution in [2.24, 2.45) is 4.99 Å². The first kappa shape index (κ1) is 21.6. The van der Waals surface area contributed by atoms with Crippen molar-refractivity contribution in [2.45, 2.75) is 26.5 Å². The molecule has 2 aromatic heterocycles. The first-order valence-corrected chi connectivity index (χ1v) is 10.4. The molecule has 6 nitrogen and oxygen atoms in total. The number of ether oxygens (including phenoxy) is 1. The average molecular weight is 424 g/mol. The van der Waals surface area contributed by atoms with Crippen molar-refractivity contribution < 1.29 is 4.74 Å². The molecule has 2 heterocycles. The summed E-state index contributed by atoms with van der Waals surface area (Å²) >= 11 is 5.84. The molecule has 30 heavy (non-hydrogen) atoms. The molecule has 0 saturated heterocycles. The van der Waals surface area contributed by atoms with E-state index in [4.69, 9.17) is 16.3 Å². The zero-order chi connectivity index (χ0) is 21.0. The molecule has 2 N–H and O–H groups in total. The minimum absolute atomic E-state index is 0.468. The van der Waals surface area contributed by atoms with Gasteiger partial charge in [0.15, 0.2) is 5.96 Å². The third kappa shape index (κ3) is 7.04. The van der Waals surface area contributed by atoms with Crippen molar-refractivity contribution >= 4 is 17.6 Å². The van der Waals surface area contributed by atoms with Gasteiger partial charge in [-0.1, -0.05) is 54.1 Å². The van der Waals surface area contributed by atoms with E-state index in [0.29, 0.717) is 24.2 Å². The molecule has 0 unspecified atom stereocenters. The molecular weight excluding hydrogens is 398 g/mol. The van der Waals surface area contributed by atoms with Crippen LogP contribution in [0.25, 0.3) is 0 Å². The monoisotopic (exact) mass is 423 g/mol. The topological polar surface area (TPSA) is 71.4 Å². The van der Waals surface area contributed by atoms with Crippen LogP contribution in [0.5, 0.6) is 5.88 Å². The van der Waals surface area contributed by atoms with Crippen molar-refractivity contribution in [3.8, 4) is 5.88 Å². The molecule has 0 amide bonds. The molecule has 0 aliphatic carbocycles. The van der Waals surface area contributed by atoms with Crippen molar-refractivity contribution in [3.63, 3.8) is 0 Å². The minimum atomic E-state index is 0.468. The van der Waals surface area contributed by atoms with E-state index < -0.39 is 0 Å². The van der Waals surface area contributed by atoms with E-state index in [9.17, 15) is 0 Å². The summed E-state index contributed by atoms with van der Waals surface area (Å²) in [6, 6.07) is 17.7. The summed E-state index contributed by atoms with van der Waals surface area (Å²) in [5.41, 5.74) is 3.16. The molecule has 0 aliphatic heterocycles. The lowest BCUT2D eigenvalue weighted by molar-refractivity contribution is 0.290. The normalized spacial score (nSPS) is 11.2. The molecule has 3 rings (SSSR count). The van der Waals surface area contributed by atoms with Gasteiger partial charge in [-0.2, -0.15) is 0 Å². The van der Waals surface area contributed by atoms with Crippen LogP contribution in [0.3, 0.4) is 0 Å². The minimum Gasteiger partial charge on any atom is -0.473 e. The fraction of sp³-hybridized carbons (Fsp3) is 0.261. The second-order valence-corrected chi connectivity index (χ2v) is 6.99. The Balaban J connectivity index is 1.57. The summed E-state index contributed by atoms with van der Waals surface area (Å²) in [5.74, 6) is 1.35. The van der Waals surface area contributed by atoms with Crippen LogP contribution in [-0.2, 0) is 19.6 Å². The standard InChI is InChI=1S/C23H26ClN5O/c1-2-25-23(27-14-12-18-10-11-21(24)28-15-18)29-16-20-9-6-13-26-22(20)30-17-19-7-4-3-5-8-19/h3-11,13,15H,2,12,14,16-17H2,1H3,(H2,25,27,29). The predicted molar refractivity (Wildman–Crippen MR) is 121 cm³/mol. The zero-order valence-corrected chi connectivity index (χ0v) is 17.8. The van der Waals surface area contributed by atoms with Crippen molar-refractivity contribution in [1.29, 1.82) is 0 Å². The Hall–Kier alpha value is -3.12. The van der Waals surface area contributed by atoms with E-state index in [0.717, 1.165) is 42.2 Å². The third-order valence-electron chi connectivity index (χ3n) is 4.31. The van der Waals surface area contributed by atoms with Gasteiger partial charge in [0, 0.05) is 31.0 Å². The lowest BCUT2D eigenvalue weighted by atomic mass is 10.2. The summed E-state index contributed by atoms with van der Waals surface area (Å²) in [7, 11) is 0. The second-order valence-electron chi connectivity index (χ2n) is 6.60. The molecule has 156 valence electrons. The van der Waals surface area contributed by atoms with E-state index in [1.165, 1.54) is 0 Å². The van der Waals surface area contributed by atoms with Crippen LogP contribution >= 0.6 is 11.6 Å². The third-order valence-corrected chi connectivity index (χ3v) is 4.54. The summed E-state index contributed by atoms with van der Waals surface area (Å²) in [6.45, 7) is 4.49. The molecule has 3 aromatic rings. The number of hydrogen-bond acceptors (Lipinski definition) is 4. The molecule has 1 aromatic carbocycles. The number of pyridine rings is 2. The van der Waals surface area contributed by atoms with Gasteiger partial charge < -0.3 is 15.4 Å². The molecule has 0 bridgehead atoms. The number of benzene rings is 1. The molecule has 0 atom stereocenters. The van der Waals surface area contributed by atoms with Gasteiger partial charge in [0.1, 0.15) is 11.8 Å². The highest BCUT2D eigenvalue weighted by atomic mass is 35.5. The first-order valence-electron chi connectivity index (χ1n) is 9.98.